The number of aliphatic hydroxyl groups is 1. The Labute approximate surface area is 127 Å². The third-order valence-corrected chi connectivity index (χ3v) is 3.72. The molecular formula is C17H27NOS. The highest BCUT2D eigenvalue weighted by Crippen LogP contribution is 2.19. The Morgan fingerprint density at radius 3 is 2.40 bits per heavy atom. The van der Waals surface area contributed by atoms with Gasteiger partial charge in [-0.25, -0.2) is 0 Å². The first-order chi connectivity index (χ1) is 9.52. The standard InChI is InChI=1S/C17H27NOS/c1-14(2)11-18(12-15(3)4)13-17-16(8-10-20-17)7-5-6-9-19/h8,10,14-15,19H,6,9,11-13H2,1-4H3. The molecule has 1 aromatic heterocycles. The van der Waals surface area contributed by atoms with Gasteiger partial charge in [-0.2, -0.15) is 0 Å². The summed E-state index contributed by atoms with van der Waals surface area (Å²) in [4.78, 5) is 3.87. The average Bonchev–Trinajstić information content (AvgIpc) is 2.75. The maximum absolute atomic E-state index is 8.80. The van der Waals surface area contributed by atoms with Gasteiger partial charge in [0.1, 0.15) is 0 Å². The van der Waals surface area contributed by atoms with E-state index in [9.17, 15) is 0 Å². The third-order valence-electron chi connectivity index (χ3n) is 2.82. The monoisotopic (exact) mass is 293 g/mol. The predicted octanol–water partition coefficient (Wildman–Crippen LogP) is 3.60. The Bertz CT molecular complexity index is 429. The molecule has 0 spiro atoms. The van der Waals surface area contributed by atoms with Crippen molar-refractivity contribution in [2.45, 2.75) is 40.7 Å². The molecule has 0 aliphatic carbocycles. The first-order valence-corrected chi connectivity index (χ1v) is 8.29. The van der Waals surface area contributed by atoms with Crippen molar-refractivity contribution in [3.63, 3.8) is 0 Å². The van der Waals surface area contributed by atoms with E-state index in [1.165, 1.54) is 4.88 Å². The molecule has 3 heteroatoms. The molecule has 1 heterocycles. The summed E-state index contributed by atoms with van der Waals surface area (Å²) in [5, 5.41) is 10.9. The molecule has 0 aliphatic rings. The van der Waals surface area contributed by atoms with Gasteiger partial charge in [-0.15, -0.1) is 11.3 Å². The van der Waals surface area contributed by atoms with E-state index in [4.69, 9.17) is 5.11 Å². The smallest absolute Gasteiger partial charge is 0.0540 e. The van der Waals surface area contributed by atoms with Gasteiger partial charge in [0, 0.05) is 36.5 Å². The fourth-order valence-corrected chi connectivity index (χ4v) is 3.10. The number of thiophene rings is 1. The summed E-state index contributed by atoms with van der Waals surface area (Å²) >= 11 is 1.78. The molecular weight excluding hydrogens is 266 g/mol. The zero-order valence-electron chi connectivity index (χ0n) is 13.1. The summed E-state index contributed by atoms with van der Waals surface area (Å²) in [6.07, 6.45) is 0.553. The Kier molecular flexibility index (Phi) is 7.91. The average molecular weight is 293 g/mol. The van der Waals surface area contributed by atoms with Gasteiger partial charge in [0.15, 0.2) is 0 Å². The van der Waals surface area contributed by atoms with Crippen molar-refractivity contribution in [3.05, 3.63) is 21.9 Å². The topological polar surface area (TPSA) is 23.5 Å². The first-order valence-electron chi connectivity index (χ1n) is 7.41. The Morgan fingerprint density at radius 1 is 1.20 bits per heavy atom. The lowest BCUT2D eigenvalue weighted by Gasteiger charge is -2.25. The van der Waals surface area contributed by atoms with Crippen molar-refractivity contribution in [1.82, 2.24) is 4.90 Å². The normalized spacial score (nSPS) is 11.2. The SMILES string of the molecule is CC(C)CN(Cc1sccc1C#CCCO)CC(C)C. The van der Waals surface area contributed by atoms with Gasteiger partial charge in [-0.1, -0.05) is 39.5 Å². The summed E-state index contributed by atoms with van der Waals surface area (Å²) in [5.74, 6) is 7.56. The molecule has 0 fully saturated rings. The van der Waals surface area contributed by atoms with Crippen molar-refractivity contribution in [2.75, 3.05) is 19.7 Å². The molecule has 0 amide bonds. The van der Waals surface area contributed by atoms with E-state index in [0.717, 1.165) is 25.2 Å². The molecule has 2 nitrogen and oxygen atoms in total. The van der Waals surface area contributed by atoms with E-state index in [1.54, 1.807) is 11.3 Å². The lowest BCUT2D eigenvalue weighted by molar-refractivity contribution is 0.213. The van der Waals surface area contributed by atoms with Crippen molar-refractivity contribution in [2.24, 2.45) is 11.8 Å². The van der Waals surface area contributed by atoms with Crippen LogP contribution in [0.25, 0.3) is 0 Å². The third kappa shape index (κ3) is 6.56. The van der Waals surface area contributed by atoms with Crippen LogP contribution >= 0.6 is 11.3 Å². The molecule has 0 bridgehead atoms. The maximum Gasteiger partial charge on any atom is 0.0540 e. The second-order valence-electron chi connectivity index (χ2n) is 6.01. The van der Waals surface area contributed by atoms with E-state index < -0.39 is 0 Å². The highest BCUT2D eigenvalue weighted by Gasteiger charge is 2.12. The van der Waals surface area contributed by atoms with Crippen molar-refractivity contribution >= 4 is 11.3 Å². The lowest BCUT2D eigenvalue weighted by atomic mass is 10.1. The summed E-state index contributed by atoms with van der Waals surface area (Å²) in [6.45, 7) is 12.4. The van der Waals surface area contributed by atoms with E-state index >= 15 is 0 Å². The van der Waals surface area contributed by atoms with E-state index in [1.807, 2.05) is 0 Å². The van der Waals surface area contributed by atoms with E-state index in [2.05, 4.69) is 55.9 Å². The van der Waals surface area contributed by atoms with Crippen LogP contribution in [0, 0.1) is 23.7 Å². The van der Waals surface area contributed by atoms with Crippen LogP contribution in [0.15, 0.2) is 11.4 Å². The Hall–Kier alpha value is -0.820. The van der Waals surface area contributed by atoms with Gasteiger partial charge in [-0.3, -0.25) is 4.90 Å². The lowest BCUT2D eigenvalue weighted by Crippen LogP contribution is -2.30. The minimum atomic E-state index is 0.138. The molecule has 1 aromatic rings. The van der Waals surface area contributed by atoms with Crippen LogP contribution in [0.3, 0.4) is 0 Å². The second kappa shape index (κ2) is 9.18. The van der Waals surface area contributed by atoms with Gasteiger partial charge in [0.2, 0.25) is 0 Å². The molecule has 112 valence electrons. The number of rotatable bonds is 7. The first kappa shape index (κ1) is 17.2. The summed E-state index contributed by atoms with van der Waals surface area (Å²) < 4.78 is 0. The van der Waals surface area contributed by atoms with Crippen LogP contribution in [-0.4, -0.2) is 29.7 Å². The molecule has 0 saturated carbocycles. The Morgan fingerprint density at radius 2 is 1.85 bits per heavy atom. The van der Waals surface area contributed by atoms with Crippen LogP contribution in [0.1, 0.15) is 44.6 Å². The zero-order chi connectivity index (χ0) is 15.0. The van der Waals surface area contributed by atoms with Crippen molar-refractivity contribution in [1.29, 1.82) is 0 Å². The van der Waals surface area contributed by atoms with E-state index in [0.29, 0.717) is 18.3 Å². The van der Waals surface area contributed by atoms with Crippen LogP contribution in [0.5, 0.6) is 0 Å². The number of aliphatic hydroxyl groups excluding tert-OH is 1. The molecule has 1 rings (SSSR count). The largest absolute Gasteiger partial charge is 0.395 e. The molecule has 0 aliphatic heterocycles. The molecule has 0 saturated heterocycles. The highest BCUT2D eigenvalue weighted by atomic mass is 32.1. The van der Waals surface area contributed by atoms with Gasteiger partial charge in [0.25, 0.3) is 0 Å². The van der Waals surface area contributed by atoms with Crippen molar-refractivity contribution < 1.29 is 5.11 Å². The number of hydrogen-bond donors (Lipinski definition) is 1. The van der Waals surface area contributed by atoms with Crippen LogP contribution in [0.2, 0.25) is 0 Å². The number of hydrogen-bond acceptors (Lipinski definition) is 3. The predicted molar refractivity (Wildman–Crippen MR) is 87.9 cm³/mol. The van der Waals surface area contributed by atoms with Crippen LogP contribution in [0.4, 0.5) is 0 Å². The van der Waals surface area contributed by atoms with Gasteiger partial charge in [0.05, 0.1) is 6.61 Å². The van der Waals surface area contributed by atoms with Crippen molar-refractivity contribution in [3.8, 4) is 11.8 Å². The van der Waals surface area contributed by atoms with Gasteiger partial charge < -0.3 is 5.11 Å². The van der Waals surface area contributed by atoms with Gasteiger partial charge in [-0.05, 0) is 23.3 Å². The molecule has 0 unspecified atom stereocenters. The fourth-order valence-electron chi connectivity index (χ4n) is 2.23. The van der Waals surface area contributed by atoms with Crippen LogP contribution < -0.4 is 0 Å². The second-order valence-corrected chi connectivity index (χ2v) is 7.02. The molecule has 20 heavy (non-hydrogen) atoms. The van der Waals surface area contributed by atoms with E-state index in [-0.39, 0.29) is 6.61 Å². The van der Waals surface area contributed by atoms with Gasteiger partial charge >= 0.3 is 0 Å². The Balaban J connectivity index is 2.73. The fraction of sp³-hybridized carbons (Fsp3) is 0.647. The quantitative estimate of drug-likeness (QED) is 0.777. The minimum Gasteiger partial charge on any atom is -0.395 e. The van der Waals surface area contributed by atoms with Crippen LogP contribution in [-0.2, 0) is 6.54 Å². The highest BCUT2D eigenvalue weighted by molar-refractivity contribution is 7.10. The zero-order valence-corrected chi connectivity index (χ0v) is 14.0. The summed E-state index contributed by atoms with van der Waals surface area (Å²) in [6, 6.07) is 2.09. The molecule has 0 aromatic carbocycles. The summed E-state index contributed by atoms with van der Waals surface area (Å²) in [5.41, 5.74) is 1.13. The maximum atomic E-state index is 8.80. The molecule has 1 N–H and O–H groups in total. The molecule has 0 atom stereocenters. The molecule has 0 radical (unpaired) electrons. The number of nitrogens with zero attached hydrogens (tertiary/aromatic N) is 1. The summed E-state index contributed by atoms with van der Waals surface area (Å²) in [7, 11) is 0. The minimum absolute atomic E-state index is 0.138.